The molecule has 0 saturated heterocycles. The van der Waals surface area contributed by atoms with Gasteiger partial charge >= 0.3 is 0 Å². The van der Waals surface area contributed by atoms with Crippen LogP contribution < -0.4 is 22.5 Å². The van der Waals surface area contributed by atoms with Crippen LogP contribution in [0.4, 0.5) is 0 Å². The number of benzene rings is 2. The maximum absolute atomic E-state index is 13.4. The van der Waals surface area contributed by atoms with Crippen LogP contribution in [-0.4, -0.2) is 76.5 Å². The Morgan fingerprint density at radius 3 is 2.12 bits per heavy atom. The van der Waals surface area contributed by atoms with Crippen molar-refractivity contribution >= 4 is 68.6 Å². The number of rotatable bonds is 16. The molecule has 0 bridgehead atoms. The minimum absolute atomic E-state index is 0.0752. The molecule has 224 valence electrons. The first-order chi connectivity index (χ1) is 20.1. The van der Waals surface area contributed by atoms with E-state index in [0.29, 0.717) is 43.9 Å². The molecular formula is C29H35I2N7O4. The molecule has 0 spiro atoms. The summed E-state index contributed by atoms with van der Waals surface area (Å²) in [7, 11) is 0. The maximum atomic E-state index is 13.4. The van der Waals surface area contributed by atoms with E-state index in [-0.39, 0.29) is 49.8 Å². The fraction of sp³-hybridized carbons (Fsp3) is 0.345. The molecule has 0 aliphatic rings. The fourth-order valence-electron chi connectivity index (χ4n) is 4.32. The number of carbonyl (C=O) groups is 4. The molecule has 2 aromatic carbocycles. The number of nitrogens with two attached hydrogens (primary N) is 3. The second kappa shape index (κ2) is 16.8. The number of carbonyl (C=O) groups excluding carboxylic acids is 4. The molecular weight excluding hydrogens is 764 g/mol. The van der Waals surface area contributed by atoms with E-state index in [4.69, 9.17) is 17.2 Å². The average molecular weight is 799 g/mol. The van der Waals surface area contributed by atoms with Gasteiger partial charge in [-0.1, -0.05) is 54.6 Å². The Morgan fingerprint density at radius 2 is 1.55 bits per heavy atom. The van der Waals surface area contributed by atoms with Crippen LogP contribution in [0.3, 0.4) is 0 Å². The zero-order chi connectivity index (χ0) is 30.6. The number of hydrogen-bond acceptors (Lipinski definition) is 8. The summed E-state index contributed by atoms with van der Waals surface area (Å²) in [5.74, 6) is -1.20. The van der Waals surface area contributed by atoms with Gasteiger partial charge in [0, 0.05) is 50.1 Å². The van der Waals surface area contributed by atoms with Crippen molar-refractivity contribution < 1.29 is 19.2 Å². The smallest absolute Gasteiger partial charge is 0.238 e. The molecule has 13 heteroatoms. The highest BCUT2D eigenvalue weighted by Gasteiger charge is 2.27. The van der Waals surface area contributed by atoms with Crippen molar-refractivity contribution in [3.05, 3.63) is 84.5 Å². The van der Waals surface area contributed by atoms with Gasteiger partial charge in [-0.2, -0.15) is 0 Å². The summed E-state index contributed by atoms with van der Waals surface area (Å²) in [4.78, 5) is 60.7. The Balaban J connectivity index is 1.67. The van der Waals surface area contributed by atoms with E-state index in [0.717, 1.165) is 5.56 Å². The van der Waals surface area contributed by atoms with Crippen LogP contribution >= 0.6 is 45.2 Å². The van der Waals surface area contributed by atoms with Crippen molar-refractivity contribution in [1.29, 1.82) is 0 Å². The first-order valence-corrected chi connectivity index (χ1v) is 15.6. The number of nitrogens with zero attached hydrogens (tertiary/aromatic N) is 2. The number of aromatic nitrogens is 2. The quantitative estimate of drug-likeness (QED) is 0.107. The van der Waals surface area contributed by atoms with Crippen LogP contribution in [0, 0.1) is 7.53 Å². The lowest BCUT2D eigenvalue weighted by Gasteiger charge is -2.24. The molecule has 11 nitrogen and oxygen atoms in total. The fourth-order valence-corrected chi connectivity index (χ4v) is 5.95. The van der Waals surface area contributed by atoms with Crippen LogP contribution in [0.2, 0.25) is 0 Å². The van der Waals surface area contributed by atoms with E-state index in [9.17, 15) is 19.2 Å². The molecule has 2 amide bonds. The third-order valence-corrected chi connectivity index (χ3v) is 8.01. The SMILES string of the molecule is NCCN(CCN)C(=O)C[C@H](N)C(=O)N[C@@H](Cc1[nH]c(I)nc1I)C(=O)CCc1ccc(C(=O)c2ccccc2)cc1. The summed E-state index contributed by atoms with van der Waals surface area (Å²) in [6.45, 7) is 1.14. The van der Waals surface area contributed by atoms with E-state index in [1.165, 1.54) is 4.90 Å². The number of nitrogens with one attached hydrogen (secondary N) is 2. The molecule has 0 aliphatic carbocycles. The summed E-state index contributed by atoms with van der Waals surface area (Å²) in [6, 6.07) is 14.1. The van der Waals surface area contributed by atoms with E-state index in [2.05, 4.69) is 37.9 Å². The summed E-state index contributed by atoms with van der Waals surface area (Å²) < 4.78 is 1.36. The Labute approximate surface area is 272 Å². The predicted octanol–water partition coefficient (Wildman–Crippen LogP) is 1.54. The Bertz CT molecular complexity index is 1360. The normalized spacial score (nSPS) is 12.4. The average Bonchev–Trinajstić information content (AvgIpc) is 3.31. The molecule has 2 atom stereocenters. The molecule has 0 saturated carbocycles. The summed E-state index contributed by atoms with van der Waals surface area (Å²) in [6.07, 6.45) is 0.519. The first kappa shape index (κ1) is 33.8. The Morgan fingerprint density at radius 1 is 0.929 bits per heavy atom. The molecule has 0 radical (unpaired) electrons. The third kappa shape index (κ3) is 9.93. The van der Waals surface area contributed by atoms with Crippen molar-refractivity contribution in [2.75, 3.05) is 26.2 Å². The maximum Gasteiger partial charge on any atom is 0.238 e. The van der Waals surface area contributed by atoms with Gasteiger partial charge < -0.3 is 32.4 Å². The third-order valence-electron chi connectivity index (χ3n) is 6.61. The highest BCUT2D eigenvalue weighted by atomic mass is 127. The van der Waals surface area contributed by atoms with Gasteiger partial charge in [0.1, 0.15) is 3.70 Å². The number of H-pyrrole nitrogens is 1. The summed E-state index contributed by atoms with van der Waals surface area (Å²) in [5.41, 5.74) is 20.0. The summed E-state index contributed by atoms with van der Waals surface area (Å²) >= 11 is 4.12. The van der Waals surface area contributed by atoms with Crippen LogP contribution in [0.25, 0.3) is 0 Å². The van der Waals surface area contributed by atoms with Gasteiger partial charge in [0.05, 0.1) is 24.2 Å². The van der Waals surface area contributed by atoms with Crippen molar-refractivity contribution in [2.24, 2.45) is 17.2 Å². The van der Waals surface area contributed by atoms with Gasteiger partial charge in [-0.3, -0.25) is 19.2 Å². The molecule has 1 aromatic heterocycles. The molecule has 3 aromatic rings. The predicted molar refractivity (Wildman–Crippen MR) is 177 cm³/mol. The zero-order valence-electron chi connectivity index (χ0n) is 23.0. The molecule has 42 heavy (non-hydrogen) atoms. The molecule has 8 N–H and O–H groups in total. The molecule has 0 aliphatic heterocycles. The van der Waals surface area contributed by atoms with E-state index < -0.39 is 18.0 Å². The second-order valence-corrected chi connectivity index (χ2v) is 11.7. The largest absolute Gasteiger partial charge is 0.345 e. The highest BCUT2D eigenvalue weighted by Crippen LogP contribution is 2.16. The van der Waals surface area contributed by atoms with Crippen molar-refractivity contribution in [3.63, 3.8) is 0 Å². The Hall–Kier alpha value is -2.73. The van der Waals surface area contributed by atoms with Gasteiger partial charge in [-0.25, -0.2) is 4.98 Å². The summed E-state index contributed by atoms with van der Waals surface area (Å²) in [5, 5.41) is 2.76. The molecule has 0 unspecified atom stereocenters. The standard InChI is InChI=1S/C29H35I2N7O4/c30-27-23(36-29(31)37-27)17-22(35-28(42)21(34)16-25(40)38(14-12-32)15-13-33)24(39)11-8-18-6-9-20(10-7-18)26(41)19-4-2-1-3-5-19/h1-7,9-10,21-22H,8,11-17,32-34H2,(H,35,42)(H,36,37)/t21-,22-/m0/s1. The highest BCUT2D eigenvalue weighted by molar-refractivity contribution is 14.1. The van der Waals surface area contributed by atoms with E-state index >= 15 is 0 Å². The molecule has 1 heterocycles. The first-order valence-electron chi connectivity index (χ1n) is 13.5. The number of Topliss-reactive ketones (excluding diaryl/α,β-unsaturated/α-hetero) is 1. The van der Waals surface area contributed by atoms with Crippen molar-refractivity contribution in [2.45, 2.75) is 37.8 Å². The number of halogens is 2. The van der Waals surface area contributed by atoms with E-state index in [1.54, 1.807) is 24.3 Å². The van der Waals surface area contributed by atoms with E-state index in [1.807, 2.05) is 52.9 Å². The molecule has 3 rings (SSSR count). The number of ketones is 2. The number of imidazole rings is 1. The van der Waals surface area contributed by atoms with Crippen molar-refractivity contribution in [3.8, 4) is 0 Å². The monoisotopic (exact) mass is 799 g/mol. The number of aromatic amines is 1. The van der Waals surface area contributed by atoms with Crippen LogP contribution in [0.15, 0.2) is 54.6 Å². The lowest BCUT2D eigenvalue weighted by molar-refractivity contribution is -0.134. The van der Waals surface area contributed by atoms with Gasteiger partial charge in [-0.05, 0) is 57.2 Å². The lowest BCUT2D eigenvalue weighted by Crippen LogP contribution is -2.51. The number of hydrogen-bond donors (Lipinski definition) is 5. The minimum atomic E-state index is -1.15. The Kier molecular flexibility index (Phi) is 13.5. The van der Waals surface area contributed by atoms with Crippen LogP contribution in [0.5, 0.6) is 0 Å². The van der Waals surface area contributed by atoms with Crippen molar-refractivity contribution in [1.82, 2.24) is 20.2 Å². The number of aryl methyl sites for hydroxylation is 1. The number of amides is 2. The van der Waals surface area contributed by atoms with Gasteiger partial charge in [0.2, 0.25) is 11.8 Å². The lowest BCUT2D eigenvalue weighted by atomic mass is 9.97. The van der Waals surface area contributed by atoms with Gasteiger partial charge in [-0.15, -0.1) is 0 Å². The van der Waals surface area contributed by atoms with Crippen LogP contribution in [0.1, 0.15) is 40.0 Å². The zero-order valence-corrected chi connectivity index (χ0v) is 27.3. The van der Waals surface area contributed by atoms with Gasteiger partial charge in [0.25, 0.3) is 0 Å². The second-order valence-electron chi connectivity index (χ2n) is 9.69. The van der Waals surface area contributed by atoms with Gasteiger partial charge in [0.15, 0.2) is 15.4 Å². The topological polar surface area (TPSA) is 190 Å². The minimum Gasteiger partial charge on any atom is -0.345 e. The molecule has 0 fully saturated rings. The van der Waals surface area contributed by atoms with Crippen LogP contribution in [-0.2, 0) is 27.2 Å².